The first-order chi connectivity index (χ1) is 7.68. The number of aromatic nitrogens is 3. The zero-order valence-corrected chi connectivity index (χ0v) is 8.56. The van der Waals surface area contributed by atoms with Crippen LogP contribution in [-0.4, -0.2) is 30.9 Å². The number of fused-ring (bicyclic) bond motifs is 3. The van der Waals surface area contributed by atoms with Gasteiger partial charge in [0, 0.05) is 6.42 Å². The summed E-state index contributed by atoms with van der Waals surface area (Å²) < 4.78 is 8.65. The molecule has 0 bridgehead atoms. The Kier molecular flexibility index (Phi) is 1.82. The second kappa shape index (κ2) is 3.09. The number of aliphatic hydroxyl groups excluding tert-OH is 1. The zero-order valence-electron chi connectivity index (χ0n) is 7.75. The number of aliphatic hydroxyl groups is 1. The van der Waals surface area contributed by atoms with E-state index in [1.807, 2.05) is 0 Å². The van der Waals surface area contributed by atoms with E-state index in [0.717, 1.165) is 16.4 Å². The summed E-state index contributed by atoms with van der Waals surface area (Å²) >= 11 is 1.15. The van der Waals surface area contributed by atoms with E-state index in [1.165, 1.54) is 0 Å². The van der Waals surface area contributed by atoms with Crippen molar-refractivity contribution < 1.29 is 19.5 Å². The van der Waals surface area contributed by atoms with Crippen LogP contribution in [0.3, 0.4) is 0 Å². The van der Waals surface area contributed by atoms with Gasteiger partial charge in [0.1, 0.15) is 5.69 Å². The summed E-state index contributed by atoms with van der Waals surface area (Å²) in [5.74, 6) is -1.02. The normalized spacial score (nSPS) is 17.9. The highest BCUT2D eigenvalue weighted by atomic mass is 32.1. The molecule has 0 spiro atoms. The van der Waals surface area contributed by atoms with Crippen LogP contribution in [0.15, 0.2) is 4.52 Å². The van der Waals surface area contributed by atoms with E-state index in [2.05, 4.69) is 14.7 Å². The second-order valence-electron chi connectivity index (χ2n) is 3.34. The molecule has 0 saturated heterocycles. The third kappa shape index (κ3) is 1.11. The molecule has 16 heavy (non-hydrogen) atoms. The standard InChI is InChI=1S/C8H5N3O4S/c12-2-1-3-5(9-11-16-3)7-4(2)6(8(13)14)10-15-7/h2,12H,1H2,(H,13,14). The first kappa shape index (κ1) is 9.43. The number of carboxylic acids is 1. The molecule has 2 N–H and O–H groups in total. The second-order valence-corrected chi connectivity index (χ2v) is 4.18. The first-order valence-electron chi connectivity index (χ1n) is 4.41. The topological polar surface area (TPSA) is 109 Å². The zero-order chi connectivity index (χ0) is 11.3. The molecule has 82 valence electrons. The highest BCUT2D eigenvalue weighted by Crippen LogP contribution is 2.40. The maximum Gasteiger partial charge on any atom is 0.358 e. The molecule has 2 aromatic heterocycles. The molecule has 1 atom stereocenters. The molecule has 1 aliphatic carbocycles. The van der Waals surface area contributed by atoms with Gasteiger partial charge in [-0.25, -0.2) is 4.79 Å². The van der Waals surface area contributed by atoms with Crippen molar-refractivity contribution in [2.75, 3.05) is 0 Å². The molecule has 2 aromatic rings. The molecule has 2 heterocycles. The Morgan fingerprint density at radius 2 is 2.38 bits per heavy atom. The van der Waals surface area contributed by atoms with E-state index in [1.54, 1.807) is 0 Å². The molecular formula is C8H5N3O4S. The third-order valence-electron chi connectivity index (χ3n) is 2.41. The smallest absolute Gasteiger partial charge is 0.358 e. The van der Waals surface area contributed by atoms with Gasteiger partial charge in [-0.1, -0.05) is 9.64 Å². The van der Waals surface area contributed by atoms with Crippen LogP contribution in [-0.2, 0) is 6.42 Å². The van der Waals surface area contributed by atoms with Crippen molar-refractivity contribution in [3.05, 3.63) is 16.1 Å². The van der Waals surface area contributed by atoms with E-state index >= 15 is 0 Å². The number of rotatable bonds is 1. The maximum absolute atomic E-state index is 10.9. The van der Waals surface area contributed by atoms with Gasteiger partial charge in [0.25, 0.3) is 0 Å². The molecule has 1 aliphatic rings. The number of nitrogens with zero attached hydrogens (tertiary/aromatic N) is 3. The van der Waals surface area contributed by atoms with E-state index < -0.39 is 12.1 Å². The lowest BCUT2D eigenvalue weighted by Gasteiger charge is -2.14. The number of hydrogen-bond acceptors (Lipinski definition) is 7. The highest BCUT2D eigenvalue weighted by Gasteiger charge is 2.35. The Morgan fingerprint density at radius 1 is 1.56 bits per heavy atom. The number of aromatic carboxylic acids is 1. The Morgan fingerprint density at radius 3 is 3.12 bits per heavy atom. The van der Waals surface area contributed by atoms with Crippen LogP contribution >= 0.6 is 11.5 Å². The van der Waals surface area contributed by atoms with E-state index in [0.29, 0.717) is 12.1 Å². The van der Waals surface area contributed by atoms with Gasteiger partial charge in [0.15, 0.2) is 11.5 Å². The summed E-state index contributed by atoms with van der Waals surface area (Å²) in [4.78, 5) is 11.6. The summed E-state index contributed by atoms with van der Waals surface area (Å²) in [6, 6.07) is 0. The van der Waals surface area contributed by atoms with Crippen molar-refractivity contribution in [2.45, 2.75) is 12.5 Å². The lowest BCUT2D eigenvalue weighted by atomic mass is 9.95. The predicted octanol–water partition coefficient (Wildman–Crippen LogP) is 0.481. The molecule has 0 saturated carbocycles. The fourth-order valence-electron chi connectivity index (χ4n) is 1.72. The van der Waals surface area contributed by atoms with Gasteiger partial charge < -0.3 is 14.7 Å². The molecule has 0 fully saturated rings. The molecule has 0 amide bonds. The van der Waals surface area contributed by atoms with Crippen LogP contribution in [0.25, 0.3) is 11.5 Å². The van der Waals surface area contributed by atoms with Crippen LogP contribution in [0.5, 0.6) is 0 Å². The Balaban J connectivity index is 2.27. The summed E-state index contributed by atoms with van der Waals surface area (Å²) in [5, 5.41) is 26.0. The lowest BCUT2D eigenvalue weighted by molar-refractivity contribution is 0.0679. The Hall–Kier alpha value is -1.80. The predicted molar refractivity (Wildman–Crippen MR) is 51.0 cm³/mol. The Bertz CT molecular complexity index is 576. The number of carbonyl (C=O) groups is 1. The van der Waals surface area contributed by atoms with Gasteiger partial charge >= 0.3 is 5.97 Å². The van der Waals surface area contributed by atoms with Crippen LogP contribution in [0.4, 0.5) is 0 Å². The van der Waals surface area contributed by atoms with Crippen LogP contribution in [0.2, 0.25) is 0 Å². The van der Waals surface area contributed by atoms with Gasteiger partial charge in [0.2, 0.25) is 0 Å². The van der Waals surface area contributed by atoms with Crippen molar-refractivity contribution in [2.24, 2.45) is 0 Å². The number of carboxylic acid groups (broad SMARTS) is 1. The van der Waals surface area contributed by atoms with Crippen LogP contribution in [0, 0.1) is 0 Å². The van der Waals surface area contributed by atoms with Crippen molar-refractivity contribution in [1.29, 1.82) is 0 Å². The quantitative estimate of drug-likeness (QED) is 0.744. The van der Waals surface area contributed by atoms with Crippen molar-refractivity contribution in [3.63, 3.8) is 0 Å². The molecule has 1 unspecified atom stereocenters. The summed E-state index contributed by atoms with van der Waals surface area (Å²) in [5.41, 5.74) is 0.402. The summed E-state index contributed by atoms with van der Waals surface area (Å²) in [7, 11) is 0. The monoisotopic (exact) mass is 239 g/mol. The molecule has 0 aromatic carbocycles. The van der Waals surface area contributed by atoms with E-state index in [9.17, 15) is 9.90 Å². The maximum atomic E-state index is 10.9. The molecule has 0 aliphatic heterocycles. The average Bonchev–Trinajstić information content (AvgIpc) is 2.80. The minimum Gasteiger partial charge on any atom is -0.476 e. The molecule has 0 radical (unpaired) electrons. The molecule has 3 rings (SSSR count). The van der Waals surface area contributed by atoms with Gasteiger partial charge in [0.05, 0.1) is 16.5 Å². The van der Waals surface area contributed by atoms with Crippen LogP contribution in [0.1, 0.15) is 27.0 Å². The first-order valence-corrected chi connectivity index (χ1v) is 5.18. The fourth-order valence-corrected chi connectivity index (χ4v) is 2.40. The molecule has 7 nitrogen and oxygen atoms in total. The minimum absolute atomic E-state index is 0.188. The van der Waals surface area contributed by atoms with Crippen molar-refractivity contribution in [3.8, 4) is 11.5 Å². The Labute approximate surface area is 92.5 Å². The third-order valence-corrected chi connectivity index (χ3v) is 3.16. The van der Waals surface area contributed by atoms with Gasteiger partial charge in [-0.2, -0.15) is 0 Å². The van der Waals surface area contributed by atoms with Gasteiger partial charge in [-0.15, -0.1) is 5.10 Å². The molecular weight excluding hydrogens is 234 g/mol. The SMILES string of the molecule is O=C(O)c1noc2c1C(O)Cc1snnc1-2. The average molecular weight is 239 g/mol. The minimum atomic E-state index is -1.23. The lowest BCUT2D eigenvalue weighted by Crippen LogP contribution is -2.12. The van der Waals surface area contributed by atoms with Gasteiger partial charge in [-0.05, 0) is 11.5 Å². The van der Waals surface area contributed by atoms with Crippen molar-refractivity contribution in [1.82, 2.24) is 14.7 Å². The summed E-state index contributed by atoms with van der Waals surface area (Å²) in [6.45, 7) is 0. The van der Waals surface area contributed by atoms with E-state index in [4.69, 9.17) is 9.63 Å². The van der Waals surface area contributed by atoms with Gasteiger partial charge in [-0.3, -0.25) is 0 Å². The largest absolute Gasteiger partial charge is 0.476 e. The van der Waals surface area contributed by atoms with Crippen LogP contribution < -0.4 is 0 Å². The number of hydrogen-bond donors (Lipinski definition) is 2. The summed E-state index contributed by atoms with van der Waals surface area (Å²) in [6.07, 6.45) is -0.635. The fraction of sp³-hybridized carbons (Fsp3) is 0.250. The van der Waals surface area contributed by atoms with E-state index in [-0.39, 0.29) is 17.0 Å². The molecule has 8 heteroatoms. The van der Waals surface area contributed by atoms with Crippen molar-refractivity contribution >= 4 is 17.5 Å². The highest BCUT2D eigenvalue weighted by molar-refractivity contribution is 7.06.